The van der Waals surface area contributed by atoms with Gasteiger partial charge in [-0.15, -0.1) is 17.0 Å². The number of hydrogen-bond donors (Lipinski definition) is 0. The molecular formula is C14H19BrCl3N. The third-order valence-electron chi connectivity index (χ3n) is 3.45. The predicted molar refractivity (Wildman–Crippen MR) is 90.0 cm³/mol. The van der Waals surface area contributed by atoms with Crippen molar-refractivity contribution in [2.24, 2.45) is 0 Å². The van der Waals surface area contributed by atoms with Gasteiger partial charge in [0, 0.05) is 12.6 Å². The molecule has 1 unspecified atom stereocenters. The lowest BCUT2D eigenvalue weighted by atomic mass is 9.96. The second-order valence-electron chi connectivity index (χ2n) is 4.92. The first-order valence-corrected chi connectivity index (χ1v) is 7.53. The molecule has 1 saturated heterocycles. The van der Waals surface area contributed by atoms with Gasteiger partial charge in [0.1, 0.15) is 0 Å². The van der Waals surface area contributed by atoms with Crippen LogP contribution in [0, 0.1) is 0 Å². The molecule has 1 atom stereocenters. The Labute approximate surface area is 141 Å². The van der Waals surface area contributed by atoms with Crippen LogP contribution >= 0.6 is 51.8 Å². The van der Waals surface area contributed by atoms with Crippen molar-refractivity contribution >= 4 is 51.8 Å². The molecule has 0 amide bonds. The highest BCUT2D eigenvalue weighted by atomic mass is 79.9. The summed E-state index contributed by atoms with van der Waals surface area (Å²) in [4.78, 5) is 2.32. The lowest BCUT2D eigenvalue weighted by molar-refractivity contribution is 0.150. The van der Waals surface area contributed by atoms with E-state index in [1.54, 1.807) is 0 Å². The maximum Gasteiger partial charge on any atom is 0.203 e. The predicted octanol–water partition coefficient (Wildman–Crippen LogP) is 5.03. The van der Waals surface area contributed by atoms with Crippen LogP contribution in [0.5, 0.6) is 0 Å². The van der Waals surface area contributed by atoms with Crippen molar-refractivity contribution in [3.8, 4) is 0 Å². The lowest BCUT2D eigenvalue weighted by Crippen LogP contribution is -2.45. The van der Waals surface area contributed by atoms with Gasteiger partial charge < -0.3 is 0 Å². The van der Waals surface area contributed by atoms with E-state index in [4.69, 9.17) is 34.8 Å². The quantitative estimate of drug-likeness (QED) is 0.658. The lowest BCUT2D eigenvalue weighted by Gasteiger charge is -2.37. The number of nitrogens with zero attached hydrogens (tertiary/aromatic N) is 1. The molecule has 1 aliphatic heterocycles. The number of likely N-dealkylation sites (tertiary alicyclic amines) is 1. The van der Waals surface area contributed by atoms with E-state index in [9.17, 15) is 0 Å². The Hall–Kier alpha value is 0.530. The summed E-state index contributed by atoms with van der Waals surface area (Å²) in [6, 6.07) is 11.0. The SMILES string of the molecule is Br.ClC(Cl)(Cl)CN1CCCCC1Cc1ccccc1. The van der Waals surface area contributed by atoms with Crippen molar-refractivity contribution in [2.45, 2.75) is 35.5 Å². The molecule has 0 aromatic heterocycles. The van der Waals surface area contributed by atoms with Crippen LogP contribution in [0.1, 0.15) is 24.8 Å². The molecule has 2 rings (SSSR count). The first-order valence-electron chi connectivity index (χ1n) is 6.39. The van der Waals surface area contributed by atoms with E-state index in [-0.39, 0.29) is 17.0 Å². The van der Waals surface area contributed by atoms with Gasteiger partial charge in [0.15, 0.2) is 0 Å². The Balaban J connectivity index is 0.00000180. The van der Waals surface area contributed by atoms with Crippen molar-refractivity contribution in [1.29, 1.82) is 0 Å². The molecule has 1 nitrogen and oxygen atoms in total. The van der Waals surface area contributed by atoms with Crippen molar-refractivity contribution in [3.05, 3.63) is 35.9 Å². The van der Waals surface area contributed by atoms with E-state index in [2.05, 4.69) is 29.2 Å². The van der Waals surface area contributed by atoms with Crippen molar-refractivity contribution < 1.29 is 0 Å². The van der Waals surface area contributed by atoms with Crippen molar-refractivity contribution in [2.75, 3.05) is 13.1 Å². The largest absolute Gasteiger partial charge is 0.296 e. The zero-order valence-electron chi connectivity index (χ0n) is 10.7. The van der Waals surface area contributed by atoms with Gasteiger partial charge in [-0.25, -0.2) is 0 Å². The van der Waals surface area contributed by atoms with Crippen molar-refractivity contribution in [3.63, 3.8) is 0 Å². The highest BCUT2D eigenvalue weighted by molar-refractivity contribution is 8.93. The van der Waals surface area contributed by atoms with Gasteiger partial charge in [-0.2, -0.15) is 0 Å². The first kappa shape index (κ1) is 17.6. The number of rotatable bonds is 3. The highest BCUT2D eigenvalue weighted by Gasteiger charge is 2.30. The topological polar surface area (TPSA) is 3.24 Å². The fourth-order valence-corrected chi connectivity index (χ4v) is 3.08. The zero-order chi connectivity index (χ0) is 13.0. The third-order valence-corrected chi connectivity index (χ3v) is 3.80. The summed E-state index contributed by atoms with van der Waals surface area (Å²) in [7, 11) is 0. The number of benzene rings is 1. The first-order chi connectivity index (χ1) is 8.54. The van der Waals surface area contributed by atoms with Crippen LogP contribution < -0.4 is 0 Å². The number of halogens is 4. The summed E-state index contributed by atoms with van der Waals surface area (Å²) in [5.41, 5.74) is 1.36. The molecule has 1 aromatic carbocycles. The second-order valence-corrected chi connectivity index (χ2v) is 7.44. The molecule has 0 bridgehead atoms. The standard InChI is InChI=1S/C14H18Cl3N.BrH/c15-14(16,17)11-18-9-5-4-8-13(18)10-12-6-2-1-3-7-12;/h1-3,6-7,13H,4-5,8-11H2;1H. The Morgan fingerprint density at radius 1 is 1.11 bits per heavy atom. The molecule has 1 aliphatic rings. The summed E-state index contributed by atoms with van der Waals surface area (Å²) in [5, 5.41) is 0. The van der Waals surface area contributed by atoms with E-state index in [1.807, 2.05) is 6.07 Å². The fraction of sp³-hybridized carbons (Fsp3) is 0.571. The molecule has 0 N–H and O–H groups in total. The number of piperidine rings is 1. The normalized spacial score (nSPS) is 20.9. The van der Waals surface area contributed by atoms with Crippen molar-refractivity contribution in [1.82, 2.24) is 4.90 Å². The molecule has 108 valence electrons. The summed E-state index contributed by atoms with van der Waals surface area (Å²) in [6.45, 7) is 1.56. The molecule has 5 heteroatoms. The van der Waals surface area contributed by atoms with Crippen LogP contribution in [0.25, 0.3) is 0 Å². The molecule has 0 spiro atoms. The Morgan fingerprint density at radius 2 is 1.79 bits per heavy atom. The van der Waals surface area contributed by atoms with Crippen LogP contribution in [0.2, 0.25) is 0 Å². The van der Waals surface area contributed by atoms with Crippen LogP contribution in [0.15, 0.2) is 30.3 Å². The van der Waals surface area contributed by atoms with Crippen LogP contribution in [0.3, 0.4) is 0 Å². The van der Waals surface area contributed by atoms with E-state index in [0.29, 0.717) is 12.6 Å². The average Bonchev–Trinajstić information content (AvgIpc) is 2.31. The molecule has 1 heterocycles. The minimum absolute atomic E-state index is 0. The second kappa shape index (κ2) is 8.09. The van der Waals surface area contributed by atoms with Gasteiger partial charge in [0.05, 0.1) is 0 Å². The van der Waals surface area contributed by atoms with Gasteiger partial charge in [-0.3, -0.25) is 4.90 Å². The van der Waals surface area contributed by atoms with E-state index < -0.39 is 3.79 Å². The smallest absolute Gasteiger partial charge is 0.203 e. The maximum atomic E-state index is 5.92. The zero-order valence-corrected chi connectivity index (χ0v) is 14.7. The van der Waals surface area contributed by atoms with Crippen LogP contribution in [0.4, 0.5) is 0 Å². The minimum atomic E-state index is -1.17. The van der Waals surface area contributed by atoms with Crippen LogP contribution in [-0.2, 0) is 6.42 Å². The molecule has 1 aromatic rings. The minimum Gasteiger partial charge on any atom is -0.296 e. The van der Waals surface area contributed by atoms with Crippen LogP contribution in [-0.4, -0.2) is 27.8 Å². The van der Waals surface area contributed by atoms with Gasteiger partial charge in [0.2, 0.25) is 3.79 Å². The summed E-state index contributed by atoms with van der Waals surface area (Å²) < 4.78 is -1.17. The summed E-state index contributed by atoms with van der Waals surface area (Å²) in [6.07, 6.45) is 4.71. The maximum absolute atomic E-state index is 5.92. The highest BCUT2D eigenvalue weighted by Crippen LogP contribution is 2.30. The molecule has 0 radical (unpaired) electrons. The van der Waals surface area contributed by atoms with E-state index in [1.165, 1.54) is 24.8 Å². The number of alkyl halides is 3. The van der Waals surface area contributed by atoms with Gasteiger partial charge in [-0.05, 0) is 31.4 Å². The summed E-state index contributed by atoms with van der Waals surface area (Å²) in [5.74, 6) is 0. The average molecular weight is 388 g/mol. The van der Waals surface area contributed by atoms with Gasteiger partial charge in [-0.1, -0.05) is 71.6 Å². The summed E-state index contributed by atoms with van der Waals surface area (Å²) >= 11 is 17.8. The van der Waals surface area contributed by atoms with E-state index in [0.717, 1.165) is 13.0 Å². The van der Waals surface area contributed by atoms with Gasteiger partial charge in [0.25, 0.3) is 0 Å². The third kappa shape index (κ3) is 6.22. The molecule has 0 saturated carbocycles. The van der Waals surface area contributed by atoms with Gasteiger partial charge >= 0.3 is 0 Å². The Kier molecular flexibility index (Phi) is 7.49. The number of hydrogen-bond acceptors (Lipinski definition) is 1. The molecular weight excluding hydrogens is 368 g/mol. The monoisotopic (exact) mass is 385 g/mol. The Bertz CT molecular complexity index is 367. The molecule has 1 fully saturated rings. The molecule has 0 aliphatic carbocycles. The molecule has 19 heavy (non-hydrogen) atoms. The Morgan fingerprint density at radius 3 is 2.42 bits per heavy atom. The fourth-order valence-electron chi connectivity index (χ4n) is 2.62. The van der Waals surface area contributed by atoms with E-state index >= 15 is 0 Å².